The van der Waals surface area contributed by atoms with Crippen LogP contribution in [0.4, 0.5) is 0 Å². The quantitative estimate of drug-likeness (QED) is 0.310. The van der Waals surface area contributed by atoms with Gasteiger partial charge in [0.2, 0.25) is 0 Å². The van der Waals surface area contributed by atoms with E-state index in [0.29, 0.717) is 11.1 Å². The van der Waals surface area contributed by atoms with Crippen LogP contribution in [0.15, 0.2) is 72.8 Å². The third-order valence-electron chi connectivity index (χ3n) is 4.29. The fourth-order valence-corrected chi connectivity index (χ4v) is 2.92. The number of hydrogen-bond donors (Lipinski definition) is 1. The molecule has 0 saturated heterocycles. The van der Waals surface area contributed by atoms with E-state index in [4.69, 9.17) is 4.74 Å². The fraction of sp³-hybridized carbons (Fsp3) is 0.136. The van der Waals surface area contributed by atoms with Crippen LogP contribution < -0.4 is 5.32 Å². The summed E-state index contributed by atoms with van der Waals surface area (Å²) in [6.07, 6.45) is 0. The summed E-state index contributed by atoms with van der Waals surface area (Å²) in [6, 6.07) is 20.9. The second-order valence-corrected chi connectivity index (χ2v) is 6.08. The molecular formula is C22H19N3O3. The summed E-state index contributed by atoms with van der Waals surface area (Å²) in [4.78, 5) is 28.2. The number of nitrogens with zero attached hydrogens (tertiary/aromatic N) is 2. The summed E-state index contributed by atoms with van der Waals surface area (Å²) in [5, 5.41) is 4.71. The normalized spacial score (nSPS) is 11.3. The first-order valence-corrected chi connectivity index (χ1v) is 8.87. The van der Waals surface area contributed by atoms with Crippen LogP contribution in [0, 0.1) is 0 Å². The van der Waals surface area contributed by atoms with Gasteiger partial charge in [-0.3, -0.25) is 4.79 Å². The number of nitrogens with one attached hydrogen (secondary N) is 1. The van der Waals surface area contributed by atoms with Crippen molar-refractivity contribution in [1.29, 1.82) is 0 Å². The predicted molar refractivity (Wildman–Crippen MR) is 106 cm³/mol. The van der Waals surface area contributed by atoms with Gasteiger partial charge >= 0.3 is 11.7 Å². The maximum absolute atomic E-state index is 12.9. The van der Waals surface area contributed by atoms with E-state index in [2.05, 4.69) is 10.1 Å². The average Bonchev–Trinajstić information content (AvgIpc) is 2.74. The Kier molecular flexibility index (Phi) is 5.94. The lowest BCUT2D eigenvalue weighted by Crippen LogP contribution is -2.38. The molecule has 0 aliphatic heterocycles. The van der Waals surface area contributed by atoms with Crippen molar-refractivity contribution in [3.05, 3.63) is 89.5 Å². The molecule has 0 saturated carbocycles. The molecule has 3 aromatic carbocycles. The predicted octanol–water partition coefficient (Wildman–Crippen LogP) is 3.54. The van der Waals surface area contributed by atoms with Gasteiger partial charge in [0.25, 0.3) is 5.91 Å². The van der Waals surface area contributed by atoms with Gasteiger partial charge in [0.1, 0.15) is 0 Å². The molecule has 0 bridgehead atoms. The molecule has 0 spiro atoms. The van der Waals surface area contributed by atoms with Crippen molar-refractivity contribution in [2.24, 2.45) is 0 Å². The van der Waals surface area contributed by atoms with Gasteiger partial charge in [-0.2, -0.15) is 4.79 Å². The van der Waals surface area contributed by atoms with Crippen LogP contribution in [0.1, 0.15) is 28.9 Å². The van der Waals surface area contributed by atoms with Crippen molar-refractivity contribution in [3.63, 3.8) is 0 Å². The third kappa shape index (κ3) is 4.14. The number of carbonyl (C=O) groups is 2. The molecule has 6 heteroatoms. The van der Waals surface area contributed by atoms with Crippen LogP contribution in [0.25, 0.3) is 16.3 Å². The zero-order valence-corrected chi connectivity index (χ0v) is 15.3. The van der Waals surface area contributed by atoms with Crippen molar-refractivity contribution < 1.29 is 19.1 Å². The van der Waals surface area contributed by atoms with Crippen molar-refractivity contribution >= 4 is 28.4 Å². The van der Waals surface area contributed by atoms with Crippen LogP contribution in [0.3, 0.4) is 0 Å². The van der Waals surface area contributed by atoms with Crippen molar-refractivity contribution in [2.75, 3.05) is 6.61 Å². The molecule has 140 valence electrons. The first-order valence-electron chi connectivity index (χ1n) is 8.87. The minimum absolute atomic E-state index is 0.123. The monoisotopic (exact) mass is 373 g/mol. The molecule has 1 atom stereocenters. The lowest BCUT2D eigenvalue weighted by atomic mass is 10.0. The Labute approximate surface area is 162 Å². The molecule has 3 aromatic rings. The molecule has 1 amide bonds. The SMILES string of the molecule is CCOC(=O)C(=[N+]=[N-])C(NC(=O)c1ccc2ccccc2c1)c1ccccc1. The Morgan fingerprint density at radius 1 is 1.00 bits per heavy atom. The van der Waals surface area contributed by atoms with E-state index in [1.807, 2.05) is 36.4 Å². The van der Waals surface area contributed by atoms with Crippen LogP contribution in [0.2, 0.25) is 0 Å². The van der Waals surface area contributed by atoms with E-state index in [9.17, 15) is 15.1 Å². The number of ether oxygens (including phenoxy) is 1. The highest BCUT2D eigenvalue weighted by molar-refractivity contribution is 6.36. The minimum atomic E-state index is -0.954. The maximum atomic E-state index is 12.9. The highest BCUT2D eigenvalue weighted by Gasteiger charge is 2.35. The summed E-state index contributed by atoms with van der Waals surface area (Å²) in [5.41, 5.74) is 10.2. The number of esters is 1. The Bertz CT molecular complexity index is 1060. The van der Waals surface area contributed by atoms with Crippen molar-refractivity contribution in [1.82, 2.24) is 5.32 Å². The molecule has 0 aliphatic carbocycles. The van der Waals surface area contributed by atoms with E-state index in [1.54, 1.807) is 43.3 Å². The molecule has 1 N–H and O–H groups in total. The number of benzene rings is 3. The lowest BCUT2D eigenvalue weighted by molar-refractivity contribution is -0.140. The first-order chi connectivity index (χ1) is 13.6. The maximum Gasteiger partial charge on any atom is 0.419 e. The van der Waals surface area contributed by atoms with E-state index in [0.717, 1.165) is 10.8 Å². The van der Waals surface area contributed by atoms with Gasteiger partial charge in [-0.15, -0.1) is 0 Å². The van der Waals surface area contributed by atoms with Gasteiger partial charge < -0.3 is 15.6 Å². The topological polar surface area (TPSA) is 91.8 Å². The molecule has 0 fully saturated rings. The molecule has 6 nitrogen and oxygen atoms in total. The summed E-state index contributed by atoms with van der Waals surface area (Å²) in [6.45, 7) is 1.77. The van der Waals surface area contributed by atoms with Gasteiger partial charge in [0.05, 0.1) is 6.61 Å². The molecule has 0 radical (unpaired) electrons. The summed E-state index contributed by atoms with van der Waals surface area (Å²) < 4.78 is 4.96. The average molecular weight is 373 g/mol. The van der Waals surface area contributed by atoms with Crippen molar-refractivity contribution in [3.8, 4) is 0 Å². The largest absolute Gasteiger partial charge is 0.457 e. The summed E-state index contributed by atoms with van der Waals surface area (Å²) in [7, 11) is 0. The van der Waals surface area contributed by atoms with E-state index in [-0.39, 0.29) is 12.3 Å². The number of rotatable bonds is 6. The lowest BCUT2D eigenvalue weighted by Gasteiger charge is -2.15. The van der Waals surface area contributed by atoms with Gasteiger partial charge in [-0.25, -0.2) is 4.79 Å². The van der Waals surface area contributed by atoms with Crippen LogP contribution in [0.5, 0.6) is 0 Å². The second-order valence-electron chi connectivity index (χ2n) is 6.08. The Hall–Kier alpha value is -3.76. The standard InChI is InChI=1S/C22H19N3O3/c1-2-28-22(27)20(25-23)19(16-9-4-3-5-10-16)24-21(26)18-13-12-15-8-6-7-11-17(15)14-18/h3-14,19H,2H2,1H3,(H,24,26). The Morgan fingerprint density at radius 3 is 2.36 bits per heavy atom. The number of amides is 1. The second kappa shape index (κ2) is 8.75. The van der Waals surface area contributed by atoms with Gasteiger partial charge in [-0.05, 0) is 35.4 Å². The molecule has 0 aromatic heterocycles. The van der Waals surface area contributed by atoms with Crippen LogP contribution >= 0.6 is 0 Å². The molecule has 0 heterocycles. The van der Waals surface area contributed by atoms with Gasteiger partial charge in [-0.1, -0.05) is 60.7 Å². The zero-order valence-electron chi connectivity index (χ0n) is 15.3. The van der Waals surface area contributed by atoms with E-state index >= 15 is 0 Å². The number of carbonyl (C=O) groups excluding carboxylic acids is 2. The third-order valence-corrected chi connectivity index (χ3v) is 4.29. The summed E-state index contributed by atoms with van der Waals surface area (Å²) in [5.74, 6) is -1.19. The van der Waals surface area contributed by atoms with Gasteiger partial charge in [0, 0.05) is 5.56 Å². The highest BCUT2D eigenvalue weighted by atomic mass is 16.5. The number of hydrogen-bond acceptors (Lipinski definition) is 3. The molecular weight excluding hydrogens is 354 g/mol. The van der Waals surface area contributed by atoms with E-state index in [1.165, 1.54) is 0 Å². The molecule has 0 aliphatic rings. The number of fused-ring (bicyclic) bond motifs is 1. The molecule has 28 heavy (non-hydrogen) atoms. The zero-order chi connectivity index (χ0) is 19.9. The van der Waals surface area contributed by atoms with Crippen molar-refractivity contribution in [2.45, 2.75) is 13.0 Å². The molecule has 1 unspecified atom stereocenters. The molecule has 3 rings (SSSR count). The smallest absolute Gasteiger partial charge is 0.419 e. The summed E-state index contributed by atoms with van der Waals surface area (Å²) >= 11 is 0. The van der Waals surface area contributed by atoms with E-state index < -0.39 is 17.9 Å². The fourth-order valence-electron chi connectivity index (χ4n) is 2.92. The van der Waals surface area contributed by atoms with Gasteiger partial charge in [0.15, 0.2) is 6.04 Å². The minimum Gasteiger partial charge on any atom is -0.457 e. The Morgan fingerprint density at radius 2 is 1.68 bits per heavy atom. The Balaban J connectivity index is 1.95. The highest BCUT2D eigenvalue weighted by Crippen LogP contribution is 2.19. The first kappa shape index (κ1) is 19.0. The van der Waals surface area contributed by atoms with Crippen LogP contribution in [-0.2, 0) is 9.53 Å². The van der Waals surface area contributed by atoms with Crippen LogP contribution in [-0.4, -0.2) is 29.0 Å².